The highest BCUT2D eigenvalue weighted by Gasteiger charge is 2.29. The van der Waals surface area contributed by atoms with Gasteiger partial charge in [0.1, 0.15) is 0 Å². The smallest absolute Gasteiger partial charge is 0.0540 e. The van der Waals surface area contributed by atoms with Crippen LogP contribution in [0.2, 0.25) is 0 Å². The zero-order valence-electron chi connectivity index (χ0n) is 11.8. The van der Waals surface area contributed by atoms with Crippen molar-refractivity contribution in [2.24, 2.45) is 5.73 Å². The van der Waals surface area contributed by atoms with Gasteiger partial charge in [-0.3, -0.25) is 0 Å². The van der Waals surface area contributed by atoms with Crippen LogP contribution in [0.25, 0.3) is 0 Å². The third kappa shape index (κ3) is 3.82. The Labute approximate surface area is 111 Å². The van der Waals surface area contributed by atoms with Crippen molar-refractivity contribution in [1.29, 1.82) is 0 Å². The molecule has 0 aliphatic heterocycles. The molecule has 0 aliphatic rings. The highest BCUT2D eigenvalue weighted by atomic mass is 16.3. The maximum absolute atomic E-state index is 9.78. The topological polar surface area (TPSA) is 46.2 Å². The summed E-state index contributed by atoms with van der Waals surface area (Å²) in [5, 5.41) is 9.78. The van der Waals surface area contributed by atoms with Gasteiger partial charge in [0.05, 0.1) is 6.61 Å². The van der Waals surface area contributed by atoms with Crippen LogP contribution in [0.1, 0.15) is 50.2 Å². The van der Waals surface area contributed by atoms with Gasteiger partial charge in [0.25, 0.3) is 0 Å². The van der Waals surface area contributed by atoms with Crippen molar-refractivity contribution in [3.05, 3.63) is 35.4 Å². The summed E-state index contributed by atoms with van der Waals surface area (Å²) in [6.07, 6.45) is 5.84. The molecular weight excluding hydrogens is 222 g/mol. The maximum Gasteiger partial charge on any atom is 0.0540 e. The number of hydrogen-bond acceptors (Lipinski definition) is 2. The maximum atomic E-state index is 9.78. The van der Waals surface area contributed by atoms with Crippen molar-refractivity contribution in [3.63, 3.8) is 0 Å². The Morgan fingerprint density at radius 2 is 1.78 bits per heavy atom. The third-order valence-electron chi connectivity index (χ3n) is 3.87. The van der Waals surface area contributed by atoms with Gasteiger partial charge in [0.2, 0.25) is 0 Å². The van der Waals surface area contributed by atoms with E-state index in [0.717, 1.165) is 12.8 Å². The van der Waals surface area contributed by atoms with E-state index in [9.17, 15) is 5.11 Å². The summed E-state index contributed by atoms with van der Waals surface area (Å²) >= 11 is 0. The van der Waals surface area contributed by atoms with E-state index < -0.39 is 0 Å². The quantitative estimate of drug-likeness (QED) is 0.695. The molecule has 0 saturated heterocycles. The van der Waals surface area contributed by atoms with Gasteiger partial charge in [-0.1, -0.05) is 62.4 Å². The highest BCUT2D eigenvalue weighted by molar-refractivity contribution is 5.29. The Balaban J connectivity index is 2.75. The van der Waals surface area contributed by atoms with Crippen molar-refractivity contribution >= 4 is 0 Å². The largest absolute Gasteiger partial charge is 0.395 e. The van der Waals surface area contributed by atoms with Crippen LogP contribution in [-0.4, -0.2) is 18.3 Å². The molecule has 0 bridgehead atoms. The first-order chi connectivity index (χ1) is 8.68. The van der Waals surface area contributed by atoms with Crippen molar-refractivity contribution in [3.8, 4) is 0 Å². The molecular formula is C16H27NO. The van der Waals surface area contributed by atoms with E-state index in [1.807, 2.05) is 0 Å². The van der Waals surface area contributed by atoms with Gasteiger partial charge in [-0.2, -0.15) is 0 Å². The number of aliphatic hydroxyl groups is 1. The van der Waals surface area contributed by atoms with Crippen molar-refractivity contribution in [2.45, 2.75) is 51.4 Å². The van der Waals surface area contributed by atoms with Crippen LogP contribution in [-0.2, 0) is 5.41 Å². The lowest BCUT2D eigenvalue weighted by atomic mass is 9.76. The molecule has 0 fully saturated rings. The van der Waals surface area contributed by atoms with E-state index in [1.165, 1.54) is 30.4 Å². The molecule has 102 valence electrons. The lowest BCUT2D eigenvalue weighted by Gasteiger charge is -2.31. The average Bonchev–Trinajstić information content (AvgIpc) is 2.41. The Morgan fingerprint density at radius 3 is 2.28 bits per heavy atom. The first kappa shape index (κ1) is 15.2. The molecule has 0 heterocycles. The van der Waals surface area contributed by atoms with Gasteiger partial charge < -0.3 is 10.8 Å². The number of unbranched alkanes of at least 4 members (excludes halogenated alkanes) is 3. The normalized spacial score (nSPS) is 14.4. The lowest BCUT2D eigenvalue weighted by Crippen LogP contribution is -2.38. The average molecular weight is 249 g/mol. The van der Waals surface area contributed by atoms with Crippen LogP contribution in [0.5, 0.6) is 0 Å². The van der Waals surface area contributed by atoms with Gasteiger partial charge in [0.15, 0.2) is 0 Å². The molecule has 1 rings (SSSR count). The van der Waals surface area contributed by atoms with E-state index >= 15 is 0 Å². The second-order valence-corrected chi connectivity index (χ2v) is 5.32. The molecule has 1 aromatic carbocycles. The van der Waals surface area contributed by atoms with Crippen LogP contribution in [0.15, 0.2) is 24.3 Å². The fraction of sp³-hybridized carbons (Fsp3) is 0.625. The molecule has 3 N–H and O–H groups in total. The zero-order chi connectivity index (χ0) is 13.4. The number of aliphatic hydroxyl groups excluding tert-OH is 1. The molecule has 1 aromatic rings. The van der Waals surface area contributed by atoms with Crippen LogP contribution < -0.4 is 5.73 Å². The monoisotopic (exact) mass is 249 g/mol. The predicted molar refractivity (Wildman–Crippen MR) is 77.8 cm³/mol. The molecule has 0 amide bonds. The molecule has 0 aliphatic carbocycles. The minimum atomic E-state index is -0.249. The van der Waals surface area contributed by atoms with Crippen LogP contribution >= 0.6 is 0 Å². The van der Waals surface area contributed by atoms with E-state index in [2.05, 4.69) is 38.1 Å². The van der Waals surface area contributed by atoms with Gasteiger partial charge in [-0.25, -0.2) is 0 Å². The Kier molecular flexibility index (Phi) is 6.37. The van der Waals surface area contributed by atoms with Crippen molar-refractivity contribution in [1.82, 2.24) is 0 Å². The molecule has 0 saturated carbocycles. The summed E-state index contributed by atoms with van der Waals surface area (Å²) in [4.78, 5) is 0. The number of nitrogens with two attached hydrogens (primary N) is 1. The Hall–Kier alpha value is -0.860. The van der Waals surface area contributed by atoms with Gasteiger partial charge >= 0.3 is 0 Å². The summed E-state index contributed by atoms with van der Waals surface area (Å²) in [6.45, 7) is 4.94. The summed E-state index contributed by atoms with van der Waals surface area (Å²) < 4.78 is 0. The molecule has 0 spiro atoms. The standard InChI is InChI=1S/C16H27NO/c1-3-4-5-6-11-16(12-17,13-18)15-9-7-14(2)8-10-15/h7-10,18H,3-6,11-13,17H2,1-2H3. The molecule has 2 nitrogen and oxygen atoms in total. The lowest BCUT2D eigenvalue weighted by molar-refractivity contribution is 0.184. The van der Waals surface area contributed by atoms with Crippen LogP contribution in [0.4, 0.5) is 0 Å². The minimum Gasteiger partial charge on any atom is -0.395 e. The molecule has 2 heteroatoms. The number of hydrogen-bond donors (Lipinski definition) is 2. The third-order valence-corrected chi connectivity index (χ3v) is 3.87. The second-order valence-electron chi connectivity index (χ2n) is 5.32. The fourth-order valence-electron chi connectivity index (χ4n) is 2.40. The van der Waals surface area contributed by atoms with E-state index in [-0.39, 0.29) is 12.0 Å². The number of rotatable bonds is 8. The minimum absolute atomic E-state index is 0.138. The molecule has 0 aromatic heterocycles. The van der Waals surface area contributed by atoms with E-state index in [4.69, 9.17) is 5.73 Å². The van der Waals surface area contributed by atoms with E-state index in [0.29, 0.717) is 6.54 Å². The predicted octanol–water partition coefficient (Wildman–Crippen LogP) is 3.15. The zero-order valence-corrected chi connectivity index (χ0v) is 11.8. The van der Waals surface area contributed by atoms with Crippen molar-refractivity contribution < 1.29 is 5.11 Å². The summed E-state index contributed by atoms with van der Waals surface area (Å²) in [6, 6.07) is 8.42. The molecule has 18 heavy (non-hydrogen) atoms. The summed E-state index contributed by atoms with van der Waals surface area (Å²) in [7, 11) is 0. The van der Waals surface area contributed by atoms with Crippen LogP contribution in [0, 0.1) is 6.92 Å². The molecule has 0 radical (unpaired) electrons. The SMILES string of the molecule is CCCCCCC(CN)(CO)c1ccc(C)cc1. The van der Waals surface area contributed by atoms with Gasteiger partial charge in [0, 0.05) is 12.0 Å². The number of aryl methyl sites for hydroxylation is 1. The van der Waals surface area contributed by atoms with Crippen LogP contribution in [0.3, 0.4) is 0 Å². The van der Waals surface area contributed by atoms with E-state index in [1.54, 1.807) is 0 Å². The summed E-state index contributed by atoms with van der Waals surface area (Å²) in [5.74, 6) is 0. The van der Waals surface area contributed by atoms with Gasteiger partial charge in [-0.05, 0) is 18.9 Å². The first-order valence-electron chi connectivity index (χ1n) is 7.06. The summed E-state index contributed by atoms with van der Waals surface area (Å²) in [5.41, 5.74) is 8.11. The number of benzene rings is 1. The first-order valence-corrected chi connectivity index (χ1v) is 7.06. The fourth-order valence-corrected chi connectivity index (χ4v) is 2.40. The Morgan fingerprint density at radius 1 is 1.11 bits per heavy atom. The molecule has 1 atom stereocenters. The Bertz CT molecular complexity index is 327. The second kappa shape index (κ2) is 7.55. The molecule has 1 unspecified atom stereocenters. The van der Waals surface area contributed by atoms with Crippen molar-refractivity contribution in [2.75, 3.05) is 13.2 Å². The van der Waals surface area contributed by atoms with Gasteiger partial charge in [-0.15, -0.1) is 0 Å². The highest BCUT2D eigenvalue weighted by Crippen LogP contribution is 2.29.